The van der Waals surface area contributed by atoms with Crippen LogP contribution in [0.2, 0.25) is 0 Å². The molecule has 1 aliphatic rings. The summed E-state index contributed by atoms with van der Waals surface area (Å²) < 4.78 is 16.1. The Hall–Kier alpha value is -2.47. The summed E-state index contributed by atoms with van der Waals surface area (Å²) in [6.07, 6.45) is 5.52. The van der Waals surface area contributed by atoms with Gasteiger partial charge >= 0.3 is 6.03 Å². The van der Waals surface area contributed by atoms with E-state index >= 15 is 0 Å². The first-order valence-electron chi connectivity index (χ1n) is 7.70. The monoisotopic (exact) mass is 316 g/mol. The van der Waals surface area contributed by atoms with Gasteiger partial charge in [-0.15, -0.1) is 0 Å². The molecule has 1 unspecified atom stereocenters. The maximum absolute atomic E-state index is 11.8. The van der Waals surface area contributed by atoms with Crippen LogP contribution in [0.4, 0.5) is 10.5 Å². The zero-order valence-electron chi connectivity index (χ0n) is 12.8. The van der Waals surface area contributed by atoms with E-state index in [1.54, 1.807) is 18.6 Å². The van der Waals surface area contributed by atoms with Crippen molar-refractivity contribution < 1.29 is 18.7 Å². The first kappa shape index (κ1) is 15.4. The normalized spacial score (nSPS) is 17.0. The molecule has 0 aliphatic carbocycles. The molecule has 1 aromatic carbocycles. The average Bonchev–Trinajstić information content (AvgIpc) is 3.26. The maximum atomic E-state index is 11.8. The van der Waals surface area contributed by atoms with Gasteiger partial charge in [0.05, 0.1) is 18.6 Å². The zero-order chi connectivity index (χ0) is 15.9. The van der Waals surface area contributed by atoms with E-state index in [1.165, 1.54) is 0 Å². The second-order valence-electron chi connectivity index (χ2n) is 5.41. The Kier molecular flexibility index (Phi) is 5.16. The van der Waals surface area contributed by atoms with E-state index in [2.05, 4.69) is 10.6 Å². The van der Waals surface area contributed by atoms with Crippen LogP contribution in [0, 0.1) is 0 Å². The molecule has 2 N–H and O–H groups in total. The Bertz CT molecular complexity index is 604. The van der Waals surface area contributed by atoms with Crippen molar-refractivity contribution in [1.29, 1.82) is 0 Å². The molecule has 6 nitrogen and oxygen atoms in total. The van der Waals surface area contributed by atoms with E-state index in [4.69, 9.17) is 13.9 Å². The second-order valence-corrected chi connectivity index (χ2v) is 5.41. The number of carbonyl (C=O) groups is 1. The Labute approximate surface area is 134 Å². The van der Waals surface area contributed by atoms with Crippen molar-refractivity contribution in [1.82, 2.24) is 5.32 Å². The number of hydrogen-bond acceptors (Lipinski definition) is 4. The number of ether oxygens (including phenoxy) is 2. The quantitative estimate of drug-likeness (QED) is 0.858. The minimum absolute atomic E-state index is 0.196. The molecule has 1 atom stereocenters. The molecular weight excluding hydrogens is 296 g/mol. The van der Waals surface area contributed by atoms with Crippen molar-refractivity contribution >= 4 is 11.7 Å². The Morgan fingerprint density at radius 3 is 2.83 bits per heavy atom. The van der Waals surface area contributed by atoms with Crippen molar-refractivity contribution in [2.24, 2.45) is 0 Å². The lowest BCUT2D eigenvalue weighted by Gasteiger charge is -2.12. The Balaban J connectivity index is 1.42. The minimum atomic E-state index is -0.265. The van der Waals surface area contributed by atoms with Gasteiger partial charge in [-0.05, 0) is 43.2 Å². The van der Waals surface area contributed by atoms with Crippen LogP contribution in [0.25, 0.3) is 0 Å². The fourth-order valence-corrected chi connectivity index (χ4v) is 2.35. The number of carbonyl (C=O) groups excluding carboxylic acids is 1. The maximum Gasteiger partial charge on any atom is 0.319 e. The third-order valence-corrected chi connectivity index (χ3v) is 3.61. The topological polar surface area (TPSA) is 72.7 Å². The molecule has 1 saturated heterocycles. The molecule has 0 bridgehead atoms. The molecule has 0 radical (unpaired) electrons. The molecule has 0 saturated carbocycles. The van der Waals surface area contributed by atoms with Gasteiger partial charge in [0.25, 0.3) is 0 Å². The first-order valence-corrected chi connectivity index (χ1v) is 7.70. The summed E-state index contributed by atoms with van der Waals surface area (Å²) in [5.74, 6) is 0.768. The third kappa shape index (κ3) is 4.75. The molecular formula is C17H20N2O4. The molecule has 2 heterocycles. The summed E-state index contributed by atoms with van der Waals surface area (Å²) in [6.45, 7) is 1.81. The predicted molar refractivity (Wildman–Crippen MR) is 85.5 cm³/mol. The molecule has 6 heteroatoms. The van der Waals surface area contributed by atoms with Crippen LogP contribution in [-0.4, -0.2) is 25.3 Å². The SMILES string of the molecule is O=C(NCc1ccoc1)Nc1ccc(OCC2CCCO2)cc1. The van der Waals surface area contributed by atoms with E-state index in [-0.39, 0.29) is 12.1 Å². The van der Waals surface area contributed by atoms with Crippen molar-refractivity contribution in [2.45, 2.75) is 25.5 Å². The summed E-state index contributed by atoms with van der Waals surface area (Å²) in [7, 11) is 0. The number of rotatable bonds is 6. The van der Waals surface area contributed by atoms with Crippen LogP contribution in [-0.2, 0) is 11.3 Å². The van der Waals surface area contributed by atoms with Gasteiger partial charge in [-0.3, -0.25) is 0 Å². The van der Waals surface area contributed by atoms with Crippen molar-refractivity contribution in [2.75, 3.05) is 18.5 Å². The number of amides is 2. The van der Waals surface area contributed by atoms with Crippen LogP contribution in [0.15, 0.2) is 47.3 Å². The van der Waals surface area contributed by atoms with Gasteiger partial charge in [0.1, 0.15) is 12.4 Å². The molecule has 3 rings (SSSR count). The molecule has 23 heavy (non-hydrogen) atoms. The number of urea groups is 1. The number of nitrogens with one attached hydrogen (secondary N) is 2. The summed E-state index contributed by atoms with van der Waals surface area (Å²) in [5, 5.41) is 5.52. The van der Waals surface area contributed by atoms with Gasteiger partial charge in [-0.1, -0.05) is 0 Å². The summed E-state index contributed by atoms with van der Waals surface area (Å²) >= 11 is 0. The Morgan fingerprint density at radius 1 is 1.26 bits per heavy atom. The largest absolute Gasteiger partial charge is 0.491 e. The van der Waals surface area contributed by atoms with Crippen LogP contribution in [0.3, 0.4) is 0 Å². The molecule has 2 aromatic rings. The Morgan fingerprint density at radius 2 is 2.13 bits per heavy atom. The third-order valence-electron chi connectivity index (χ3n) is 3.61. The second kappa shape index (κ2) is 7.69. The molecule has 0 spiro atoms. The van der Waals surface area contributed by atoms with Gasteiger partial charge in [0.15, 0.2) is 0 Å². The van der Waals surface area contributed by atoms with Crippen molar-refractivity contribution in [3.8, 4) is 5.75 Å². The summed E-state index contributed by atoms with van der Waals surface area (Å²) in [6, 6.07) is 8.82. The highest BCUT2D eigenvalue weighted by Gasteiger charge is 2.15. The zero-order valence-corrected chi connectivity index (χ0v) is 12.8. The number of anilines is 1. The van der Waals surface area contributed by atoms with E-state index in [9.17, 15) is 4.79 Å². The lowest BCUT2D eigenvalue weighted by molar-refractivity contribution is 0.0679. The summed E-state index contributed by atoms with van der Waals surface area (Å²) in [5.41, 5.74) is 1.62. The smallest absolute Gasteiger partial charge is 0.319 e. The van der Waals surface area contributed by atoms with Crippen LogP contribution in [0.5, 0.6) is 5.75 Å². The number of furan rings is 1. The van der Waals surface area contributed by atoms with Crippen LogP contribution in [0.1, 0.15) is 18.4 Å². The molecule has 122 valence electrons. The van der Waals surface area contributed by atoms with Crippen molar-refractivity contribution in [3.05, 3.63) is 48.4 Å². The van der Waals surface area contributed by atoms with Crippen LogP contribution < -0.4 is 15.4 Å². The van der Waals surface area contributed by atoms with Gasteiger partial charge in [0.2, 0.25) is 0 Å². The van der Waals surface area contributed by atoms with Crippen molar-refractivity contribution in [3.63, 3.8) is 0 Å². The minimum Gasteiger partial charge on any atom is -0.491 e. The first-order chi connectivity index (χ1) is 11.3. The standard InChI is InChI=1S/C17H20N2O4/c20-17(18-10-13-7-9-21-11-13)19-14-3-5-15(6-4-14)23-12-16-2-1-8-22-16/h3-7,9,11,16H,1-2,8,10,12H2,(H2,18,19,20). The fourth-order valence-electron chi connectivity index (χ4n) is 2.35. The highest BCUT2D eigenvalue weighted by atomic mass is 16.5. The van der Waals surface area contributed by atoms with Gasteiger partial charge < -0.3 is 24.5 Å². The number of hydrogen-bond donors (Lipinski definition) is 2. The summed E-state index contributed by atoms with van der Waals surface area (Å²) in [4.78, 5) is 11.8. The van der Waals surface area contributed by atoms with E-state index < -0.39 is 0 Å². The lowest BCUT2D eigenvalue weighted by atomic mass is 10.2. The van der Waals surface area contributed by atoms with Crippen LogP contribution >= 0.6 is 0 Å². The van der Waals surface area contributed by atoms with E-state index in [1.807, 2.05) is 24.3 Å². The fraction of sp³-hybridized carbons (Fsp3) is 0.353. The van der Waals surface area contributed by atoms with Gasteiger partial charge in [-0.25, -0.2) is 4.79 Å². The van der Waals surface area contributed by atoms with Gasteiger partial charge in [-0.2, -0.15) is 0 Å². The molecule has 1 aromatic heterocycles. The average molecular weight is 316 g/mol. The predicted octanol–water partition coefficient (Wildman–Crippen LogP) is 3.16. The highest BCUT2D eigenvalue weighted by molar-refractivity contribution is 5.89. The lowest BCUT2D eigenvalue weighted by Crippen LogP contribution is -2.27. The number of benzene rings is 1. The molecule has 1 fully saturated rings. The van der Waals surface area contributed by atoms with Gasteiger partial charge in [0, 0.05) is 24.4 Å². The van der Waals surface area contributed by atoms with E-state index in [0.717, 1.165) is 30.8 Å². The molecule has 2 amide bonds. The highest BCUT2D eigenvalue weighted by Crippen LogP contribution is 2.18. The van der Waals surface area contributed by atoms with E-state index in [0.29, 0.717) is 18.8 Å². The molecule has 1 aliphatic heterocycles.